The van der Waals surface area contributed by atoms with Gasteiger partial charge in [-0.15, -0.1) is 10.2 Å². The molecule has 2 heterocycles. The highest BCUT2D eigenvalue weighted by molar-refractivity contribution is 9.10. The Morgan fingerprint density at radius 2 is 2.54 bits per heavy atom. The fourth-order valence-corrected chi connectivity index (χ4v) is 1.65. The summed E-state index contributed by atoms with van der Waals surface area (Å²) in [7, 11) is 0. The number of hydrogen-bond donors (Lipinski definition) is 1. The van der Waals surface area contributed by atoms with Gasteiger partial charge in [0.25, 0.3) is 0 Å². The van der Waals surface area contributed by atoms with Gasteiger partial charge in [-0.05, 0) is 22.0 Å². The molecule has 0 aliphatic heterocycles. The number of aromatic nitrogens is 2. The number of nitrogens with zero attached hydrogens (tertiary/aromatic N) is 2. The van der Waals surface area contributed by atoms with Crippen LogP contribution in [-0.4, -0.2) is 10.2 Å². The maximum absolute atomic E-state index is 5.21. The summed E-state index contributed by atoms with van der Waals surface area (Å²) in [6.45, 7) is 0.626. The summed E-state index contributed by atoms with van der Waals surface area (Å²) < 4.78 is 6.16. The van der Waals surface area contributed by atoms with Gasteiger partial charge >= 0.3 is 0 Å². The Morgan fingerprint density at radius 3 is 3.15 bits per heavy atom. The van der Waals surface area contributed by atoms with Crippen molar-refractivity contribution in [1.29, 1.82) is 0 Å². The summed E-state index contributed by atoms with van der Waals surface area (Å²) in [6.07, 6.45) is 1.65. The molecule has 6 heteroatoms. The minimum atomic E-state index is 0.626. The fourth-order valence-electron chi connectivity index (χ4n) is 0.859. The zero-order chi connectivity index (χ0) is 9.10. The minimum absolute atomic E-state index is 0.626. The maximum atomic E-state index is 5.21. The first kappa shape index (κ1) is 8.71. The van der Waals surface area contributed by atoms with Crippen LogP contribution in [0.5, 0.6) is 0 Å². The van der Waals surface area contributed by atoms with E-state index < -0.39 is 0 Å². The quantitative estimate of drug-likeness (QED) is 0.921. The standard InChI is InChI=1S/C7H6BrN3OS/c8-5-1-6(12-3-5)2-9-7-11-10-4-13-7/h1,3-4H,2H2,(H,9,11). The monoisotopic (exact) mass is 259 g/mol. The van der Waals surface area contributed by atoms with Gasteiger partial charge in [0, 0.05) is 0 Å². The Balaban J connectivity index is 1.93. The third-order valence-electron chi connectivity index (χ3n) is 1.40. The molecule has 0 aliphatic rings. The summed E-state index contributed by atoms with van der Waals surface area (Å²) in [5.74, 6) is 0.863. The molecule has 0 aromatic carbocycles. The topological polar surface area (TPSA) is 51.0 Å². The van der Waals surface area contributed by atoms with Gasteiger partial charge in [0.15, 0.2) is 0 Å². The van der Waals surface area contributed by atoms with Gasteiger partial charge in [-0.25, -0.2) is 0 Å². The molecular weight excluding hydrogens is 254 g/mol. The molecule has 0 atom stereocenters. The van der Waals surface area contributed by atoms with Gasteiger partial charge < -0.3 is 9.73 Å². The zero-order valence-corrected chi connectivity index (χ0v) is 8.93. The van der Waals surface area contributed by atoms with E-state index in [0.29, 0.717) is 6.54 Å². The molecule has 1 N–H and O–H groups in total. The lowest BCUT2D eigenvalue weighted by molar-refractivity contribution is 0.517. The molecule has 0 unspecified atom stereocenters. The van der Waals surface area contributed by atoms with E-state index in [0.717, 1.165) is 15.4 Å². The smallest absolute Gasteiger partial charge is 0.205 e. The van der Waals surface area contributed by atoms with Crippen molar-refractivity contribution in [3.63, 3.8) is 0 Å². The minimum Gasteiger partial charge on any atom is -0.466 e. The third kappa shape index (κ3) is 2.28. The summed E-state index contributed by atoms with van der Waals surface area (Å²) in [6, 6.07) is 1.91. The molecule has 0 saturated heterocycles. The summed E-state index contributed by atoms with van der Waals surface area (Å²) in [4.78, 5) is 0. The van der Waals surface area contributed by atoms with Crippen LogP contribution in [0.3, 0.4) is 0 Å². The lowest BCUT2D eigenvalue weighted by Gasteiger charge is -1.96. The van der Waals surface area contributed by atoms with Gasteiger partial charge in [0.05, 0.1) is 11.0 Å². The summed E-state index contributed by atoms with van der Waals surface area (Å²) >= 11 is 4.77. The Morgan fingerprint density at radius 1 is 1.62 bits per heavy atom. The molecule has 0 fully saturated rings. The lowest BCUT2D eigenvalue weighted by Crippen LogP contribution is -1.97. The van der Waals surface area contributed by atoms with E-state index in [-0.39, 0.29) is 0 Å². The highest BCUT2D eigenvalue weighted by atomic mass is 79.9. The van der Waals surface area contributed by atoms with Crippen LogP contribution < -0.4 is 5.32 Å². The summed E-state index contributed by atoms with van der Waals surface area (Å²) in [5.41, 5.74) is 1.68. The largest absolute Gasteiger partial charge is 0.466 e. The van der Waals surface area contributed by atoms with Crippen molar-refractivity contribution in [2.45, 2.75) is 6.54 Å². The van der Waals surface area contributed by atoms with Crippen LogP contribution in [0.2, 0.25) is 0 Å². The van der Waals surface area contributed by atoms with Crippen molar-refractivity contribution in [2.75, 3.05) is 5.32 Å². The van der Waals surface area contributed by atoms with Gasteiger partial charge in [0.1, 0.15) is 17.5 Å². The second-order valence-corrected chi connectivity index (χ2v) is 4.08. The van der Waals surface area contributed by atoms with Crippen molar-refractivity contribution >= 4 is 32.4 Å². The van der Waals surface area contributed by atoms with E-state index in [1.807, 2.05) is 6.07 Å². The van der Waals surface area contributed by atoms with E-state index >= 15 is 0 Å². The van der Waals surface area contributed by atoms with E-state index in [9.17, 15) is 0 Å². The average Bonchev–Trinajstić information content (AvgIpc) is 2.71. The third-order valence-corrected chi connectivity index (χ3v) is 2.46. The number of nitrogens with one attached hydrogen (secondary N) is 1. The van der Waals surface area contributed by atoms with Crippen molar-refractivity contribution in [2.24, 2.45) is 0 Å². The van der Waals surface area contributed by atoms with E-state index in [1.165, 1.54) is 11.3 Å². The molecule has 0 amide bonds. The second-order valence-electron chi connectivity index (χ2n) is 2.33. The molecule has 13 heavy (non-hydrogen) atoms. The van der Waals surface area contributed by atoms with E-state index in [1.54, 1.807) is 11.8 Å². The molecule has 0 spiro atoms. The Hall–Kier alpha value is -0.880. The molecular formula is C7H6BrN3OS. The van der Waals surface area contributed by atoms with Crippen molar-refractivity contribution in [3.05, 3.63) is 28.1 Å². The van der Waals surface area contributed by atoms with Crippen LogP contribution in [0.15, 0.2) is 26.7 Å². The van der Waals surface area contributed by atoms with Crippen molar-refractivity contribution in [1.82, 2.24) is 10.2 Å². The number of hydrogen-bond acceptors (Lipinski definition) is 5. The molecule has 0 aliphatic carbocycles. The SMILES string of the molecule is Brc1coc(CNc2nncs2)c1. The predicted molar refractivity (Wildman–Crippen MR) is 53.6 cm³/mol. The maximum Gasteiger partial charge on any atom is 0.205 e. The first-order valence-corrected chi connectivity index (χ1v) is 5.25. The van der Waals surface area contributed by atoms with Crippen LogP contribution >= 0.6 is 27.3 Å². The molecule has 0 radical (unpaired) electrons. The zero-order valence-electron chi connectivity index (χ0n) is 6.53. The molecule has 4 nitrogen and oxygen atoms in total. The highest BCUT2D eigenvalue weighted by Crippen LogP contribution is 2.16. The fraction of sp³-hybridized carbons (Fsp3) is 0.143. The number of anilines is 1. The molecule has 2 aromatic rings. The number of rotatable bonds is 3. The predicted octanol–water partition coefficient (Wildman–Crippen LogP) is 2.51. The Bertz CT molecular complexity index is 373. The van der Waals surface area contributed by atoms with Crippen molar-refractivity contribution in [3.8, 4) is 0 Å². The van der Waals surface area contributed by atoms with Crippen molar-refractivity contribution < 1.29 is 4.42 Å². The normalized spacial score (nSPS) is 10.2. The molecule has 68 valence electrons. The molecule has 0 saturated carbocycles. The van der Waals surface area contributed by atoms with E-state index in [4.69, 9.17) is 4.42 Å². The van der Waals surface area contributed by atoms with Gasteiger partial charge in [-0.3, -0.25) is 0 Å². The Labute approximate surface area is 87.1 Å². The molecule has 2 rings (SSSR count). The number of furan rings is 1. The molecule has 2 aromatic heterocycles. The Kier molecular flexibility index (Phi) is 2.60. The van der Waals surface area contributed by atoms with Gasteiger partial charge in [-0.1, -0.05) is 11.3 Å². The van der Waals surface area contributed by atoms with Crippen LogP contribution in [0.1, 0.15) is 5.76 Å². The van der Waals surface area contributed by atoms with E-state index in [2.05, 4.69) is 31.4 Å². The average molecular weight is 260 g/mol. The lowest BCUT2D eigenvalue weighted by atomic mass is 10.4. The van der Waals surface area contributed by atoms with Gasteiger partial charge in [-0.2, -0.15) is 0 Å². The van der Waals surface area contributed by atoms with Crippen LogP contribution in [0.4, 0.5) is 5.13 Å². The number of halogens is 1. The first-order chi connectivity index (χ1) is 6.34. The first-order valence-electron chi connectivity index (χ1n) is 3.57. The second kappa shape index (κ2) is 3.89. The highest BCUT2D eigenvalue weighted by Gasteiger charge is 2.00. The van der Waals surface area contributed by atoms with Crippen LogP contribution in [-0.2, 0) is 6.54 Å². The molecule has 0 bridgehead atoms. The van der Waals surface area contributed by atoms with Crippen LogP contribution in [0, 0.1) is 0 Å². The van der Waals surface area contributed by atoms with Crippen LogP contribution in [0.25, 0.3) is 0 Å². The summed E-state index contributed by atoms with van der Waals surface area (Å²) in [5, 5.41) is 11.4. The van der Waals surface area contributed by atoms with Gasteiger partial charge in [0.2, 0.25) is 5.13 Å².